The summed E-state index contributed by atoms with van der Waals surface area (Å²) in [6.45, 7) is 4.83. The minimum absolute atomic E-state index is 0.154. The highest BCUT2D eigenvalue weighted by molar-refractivity contribution is 5.89. The molecule has 0 aliphatic carbocycles. The number of rotatable bonds is 9. The number of nitrogens with zero attached hydrogens (tertiary/aromatic N) is 3. The zero-order chi connectivity index (χ0) is 22.1. The molecule has 0 radical (unpaired) electrons. The van der Waals surface area contributed by atoms with Crippen molar-refractivity contribution in [1.82, 2.24) is 15.2 Å². The van der Waals surface area contributed by atoms with Crippen LogP contribution in [0.2, 0.25) is 0 Å². The van der Waals surface area contributed by atoms with E-state index in [1.165, 1.54) is 11.8 Å². The average Bonchev–Trinajstić information content (AvgIpc) is 2.80. The summed E-state index contributed by atoms with van der Waals surface area (Å²) < 4.78 is 16.0. The minimum Gasteiger partial charge on any atom is -0.496 e. The second kappa shape index (κ2) is 11.3. The molecule has 0 unspecified atom stereocenters. The predicted molar refractivity (Wildman–Crippen MR) is 120 cm³/mol. The summed E-state index contributed by atoms with van der Waals surface area (Å²) in [5.41, 5.74) is 4.53. The predicted octanol–water partition coefficient (Wildman–Crippen LogP) is 1.98. The van der Waals surface area contributed by atoms with Gasteiger partial charge in [-0.3, -0.25) is 14.6 Å². The van der Waals surface area contributed by atoms with Crippen molar-refractivity contribution in [1.29, 1.82) is 0 Å². The summed E-state index contributed by atoms with van der Waals surface area (Å²) in [6, 6.07) is 13.9. The molecule has 0 aromatic heterocycles. The van der Waals surface area contributed by atoms with Crippen LogP contribution in [0.1, 0.15) is 11.1 Å². The Morgan fingerprint density at radius 1 is 0.968 bits per heavy atom. The molecule has 2 aromatic rings. The molecule has 0 saturated carbocycles. The molecule has 31 heavy (non-hydrogen) atoms. The highest BCUT2D eigenvalue weighted by atomic mass is 16.5. The first-order valence-corrected chi connectivity index (χ1v) is 10.2. The molecule has 166 valence electrons. The monoisotopic (exact) mass is 426 g/mol. The number of methoxy groups -OCH3 is 3. The lowest BCUT2D eigenvalue weighted by Gasteiger charge is -2.34. The highest BCUT2D eigenvalue weighted by Gasteiger charge is 2.19. The molecule has 1 amide bonds. The summed E-state index contributed by atoms with van der Waals surface area (Å²) in [5, 5.41) is 4.09. The van der Waals surface area contributed by atoms with Gasteiger partial charge in [-0.25, -0.2) is 5.43 Å². The van der Waals surface area contributed by atoms with E-state index in [0.29, 0.717) is 29.4 Å². The molecule has 0 spiro atoms. The largest absolute Gasteiger partial charge is 0.496 e. The number of nitrogens with one attached hydrogen (secondary N) is 1. The number of amides is 1. The van der Waals surface area contributed by atoms with Crippen molar-refractivity contribution in [2.24, 2.45) is 5.10 Å². The van der Waals surface area contributed by atoms with Crippen LogP contribution < -0.4 is 19.6 Å². The maximum atomic E-state index is 12.3. The zero-order valence-corrected chi connectivity index (χ0v) is 18.3. The lowest BCUT2D eigenvalue weighted by atomic mass is 10.2. The topological polar surface area (TPSA) is 75.6 Å². The van der Waals surface area contributed by atoms with Gasteiger partial charge in [0.05, 0.1) is 39.7 Å². The van der Waals surface area contributed by atoms with Crippen LogP contribution in [0.5, 0.6) is 17.2 Å². The van der Waals surface area contributed by atoms with E-state index >= 15 is 0 Å². The number of hydrogen-bond donors (Lipinski definition) is 1. The summed E-state index contributed by atoms with van der Waals surface area (Å²) in [6.07, 6.45) is 1.52. The summed E-state index contributed by atoms with van der Waals surface area (Å²) in [7, 11) is 4.69. The Bertz CT molecular complexity index is 855. The van der Waals surface area contributed by atoms with Crippen molar-refractivity contribution >= 4 is 12.1 Å². The summed E-state index contributed by atoms with van der Waals surface area (Å²) >= 11 is 0. The van der Waals surface area contributed by atoms with Crippen LogP contribution in [-0.2, 0) is 11.3 Å². The molecule has 2 aromatic carbocycles. The quantitative estimate of drug-likeness (QED) is 0.488. The Morgan fingerprint density at radius 2 is 1.58 bits per heavy atom. The lowest BCUT2D eigenvalue weighted by Crippen LogP contribution is -2.48. The Morgan fingerprint density at radius 3 is 2.16 bits per heavy atom. The van der Waals surface area contributed by atoms with Gasteiger partial charge in [0, 0.05) is 44.9 Å². The summed E-state index contributed by atoms with van der Waals surface area (Å²) in [4.78, 5) is 16.9. The molecule has 8 nitrogen and oxygen atoms in total. The molecule has 0 atom stereocenters. The van der Waals surface area contributed by atoms with Crippen LogP contribution in [0.4, 0.5) is 0 Å². The number of piperazine rings is 1. The maximum absolute atomic E-state index is 12.3. The first kappa shape index (κ1) is 22.6. The van der Waals surface area contributed by atoms with Gasteiger partial charge >= 0.3 is 0 Å². The van der Waals surface area contributed by atoms with Gasteiger partial charge in [-0.15, -0.1) is 0 Å². The average molecular weight is 427 g/mol. The van der Waals surface area contributed by atoms with Gasteiger partial charge in [-0.05, 0) is 5.56 Å². The van der Waals surface area contributed by atoms with Crippen LogP contribution in [0.25, 0.3) is 0 Å². The van der Waals surface area contributed by atoms with Crippen molar-refractivity contribution in [3.63, 3.8) is 0 Å². The van der Waals surface area contributed by atoms with Crippen LogP contribution >= 0.6 is 0 Å². The molecule has 3 rings (SSSR count). The molecule has 0 bridgehead atoms. The minimum atomic E-state index is -0.154. The smallest absolute Gasteiger partial charge is 0.254 e. The standard InChI is InChI=1S/C23H30N4O4/c1-29-19-13-21(30-2)20(22(14-19)31-3)15-24-25-23(28)17-27-11-9-26(10-12-27)16-18-7-5-4-6-8-18/h4-8,13-15H,9-12,16-17H2,1-3H3,(H,25,28)/b24-15-. The number of hydrogen-bond acceptors (Lipinski definition) is 7. The molecule has 8 heteroatoms. The van der Waals surface area contributed by atoms with Crippen LogP contribution in [0, 0.1) is 0 Å². The van der Waals surface area contributed by atoms with Crippen LogP contribution in [0.15, 0.2) is 47.6 Å². The van der Waals surface area contributed by atoms with E-state index in [2.05, 4.69) is 44.6 Å². The Labute approximate surface area is 183 Å². The number of ether oxygens (including phenoxy) is 3. The van der Waals surface area contributed by atoms with E-state index in [9.17, 15) is 4.79 Å². The second-order valence-corrected chi connectivity index (χ2v) is 7.28. The van der Waals surface area contributed by atoms with Crippen molar-refractivity contribution in [2.75, 3.05) is 54.1 Å². The van der Waals surface area contributed by atoms with Gasteiger partial charge in [-0.1, -0.05) is 30.3 Å². The molecule has 1 fully saturated rings. The molecular weight excluding hydrogens is 396 g/mol. The third kappa shape index (κ3) is 6.44. The third-order valence-corrected chi connectivity index (χ3v) is 5.22. The molecule has 1 aliphatic heterocycles. The Kier molecular flexibility index (Phi) is 8.26. The van der Waals surface area contributed by atoms with Crippen molar-refractivity contribution in [3.8, 4) is 17.2 Å². The first-order valence-electron chi connectivity index (χ1n) is 10.2. The van der Waals surface area contributed by atoms with Gasteiger partial charge in [0.2, 0.25) is 0 Å². The number of carbonyl (C=O) groups excluding carboxylic acids is 1. The van der Waals surface area contributed by atoms with Gasteiger partial charge < -0.3 is 14.2 Å². The van der Waals surface area contributed by atoms with E-state index < -0.39 is 0 Å². The molecular formula is C23H30N4O4. The third-order valence-electron chi connectivity index (χ3n) is 5.22. The SMILES string of the molecule is COc1cc(OC)c(/C=N\NC(=O)CN2CCN(Cc3ccccc3)CC2)c(OC)c1. The highest BCUT2D eigenvalue weighted by Crippen LogP contribution is 2.32. The van der Waals surface area contributed by atoms with Gasteiger partial charge in [0.15, 0.2) is 0 Å². The molecule has 1 heterocycles. The maximum Gasteiger partial charge on any atom is 0.254 e. The van der Waals surface area contributed by atoms with E-state index in [-0.39, 0.29) is 5.91 Å². The number of benzene rings is 2. The fourth-order valence-corrected chi connectivity index (χ4v) is 3.51. The van der Waals surface area contributed by atoms with E-state index in [4.69, 9.17) is 14.2 Å². The Balaban J connectivity index is 1.48. The Hall–Kier alpha value is -3.10. The van der Waals surface area contributed by atoms with Crippen LogP contribution in [-0.4, -0.2) is 76.0 Å². The first-order chi connectivity index (χ1) is 15.1. The number of carbonyl (C=O) groups is 1. The lowest BCUT2D eigenvalue weighted by molar-refractivity contribution is -0.122. The van der Waals surface area contributed by atoms with Gasteiger partial charge in [0.1, 0.15) is 17.2 Å². The van der Waals surface area contributed by atoms with Crippen LogP contribution in [0.3, 0.4) is 0 Å². The second-order valence-electron chi connectivity index (χ2n) is 7.28. The fraction of sp³-hybridized carbons (Fsp3) is 0.391. The van der Waals surface area contributed by atoms with E-state index in [1.54, 1.807) is 33.5 Å². The zero-order valence-electron chi connectivity index (χ0n) is 18.3. The van der Waals surface area contributed by atoms with Gasteiger partial charge in [-0.2, -0.15) is 5.10 Å². The van der Waals surface area contributed by atoms with E-state index in [0.717, 1.165) is 32.7 Å². The van der Waals surface area contributed by atoms with Crippen molar-refractivity contribution in [2.45, 2.75) is 6.54 Å². The fourth-order valence-electron chi connectivity index (χ4n) is 3.51. The van der Waals surface area contributed by atoms with Crippen molar-refractivity contribution < 1.29 is 19.0 Å². The molecule has 1 N–H and O–H groups in total. The molecule has 1 aliphatic rings. The normalized spacial score (nSPS) is 15.1. The number of hydrazone groups is 1. The summed E-state index contributed by atoms with van der Waals surface area (Å²) in [5.74, 6) is 1.55. The van der Waals surface area contributed by atoms with Gasteiger partial charge in [0.25, 0.3) is 5.91 Å². The molecule has 1 saturated heterocycles. The van der Waals surface area contributed by atoms with E-state index in [1.807, 2.05) is 6.07 Å². The van der Waals surface area contributed by atoms with Crippen molar-refractivity contribution in [3.05, 3.63) is 53.6 Å².